The number of carbonyl (C=O) groups is 1. The van der Waals surface area contributed by atoms with E-state index in [0.717, 1.165) is 61.9 Å². The summed E-state index contributed by atoms with van der Waals surface area (Å²) in [6, 6.07) is 16.3. The van der Waals surface area contributed by atoms with E-state index >= 15 is 0 Å². The molecule has 170 valence electrons. The molecule has 1 amide bonds. The molecule has 0 N–H and O–H groups in total. The van der Waals surface area contributed by atoms with Crippen molar-refractivity contribution in [3.05, 3.63) is 72.1 Å². The highest BCUT2D eigenvalue weighted by atomic mass is 16.2. The van der Waals surface area contributed by atoms with Crippen LogP contribution in [0.4, 0.5) is 11.5 Å². The van der Waals surface area contributed by atoms with Crippen LogP contribution >= 0.6 is 0 Å². The van der Waals surface area contributed by atoms with Crippen molar-refractivity contribution in [2.75, 3.05) is 49.1 Å². The molecule has 2 aromatic carbocycles. The zero-order valence-corrected chi connectivity index (χ0v) is 19.3. The second kappa shape index (κ2) is 9.61. The molecule has 6 heteroatoms. The summed E-state index contributed by atoms with van der Waals surface area (Å²) in [5, 5.41) is 0. The molecule has 2 aliphatic heterocycles. The number of anilines is 2. The van der Waals surface area contributed by atoms with Gasteiger partial charge in [-0.15, -0.1) is 0 Å². The van der Waals surface area contributed by atoms with Crippen LogP contribution in [0.5, 0.6) is 0 Å². The largest absolute Gasteiger partial charge is 0.368 e. The Kier molecular flexibility index (Phi) is 6.24. The molecule has 0 radical (unpaired) electrons. The van der Waals surface area contributed by atoms with Crippen LogP contribution in [0.2, 0.25) is 0 Å². The van der Waals surface area contributed by atoms with Crippen LogP contribution in [0.1, 0.15) is 35.2 Å². The first-order valence-corrected chi connectivity index (χ1v) is 12.0. The molecule has 1 aromatic heterocycles. The number of hydrogen-bond acceptors (Lipinski definition) is 5. The molecule has 0 atom stereocenters. The van der Waals surface area contributed by atoms with Gasteiger partial charge >= 0.3 is 0 Å². The van der Waals surface area contributed by atoms with Gasteiger partial charge in [0.05, 0.1) is 0 Å². The van der Waals surface area contributed by atoms with Gasteiger partial charge in [-0.2, -0.15) is 0 Å². The maximum absolute atomic E-state index is 13.1. The molecule has 2 aliphatic rings. The summed E-state index contributed by atoms with van der Waals surface area (Å²) in [4.78, 5) is 29.1. The molecule has 33 heavy (non-hydrogen) atoms. The number of aromatic nitrogens is 2. The van der Waals surface area contributed by atoms with Gasteiger partial charge in [-0.3, -0.25) is 9.78 Å². The van der Waals surface area contributed by atoms with Crippen LogP contribution in [0.15, 0.2) is 60.9 Å². The van der Waals surface area contributed by atoms with Crippen molar-refractivity contribution in [3.8, 4) is 11.3 Å². The third-order valence-electron chi connectivity index (χ3n) is 6.76. The SMILES string of the molecule is Cc1ccccc1N1CCN(C(=O)c2ccc(-c3nccnc3N3CCCCC3)cc2)CC1. The third kappa shape index (κ3) is 4.56. The molecule has 6 nitrogen and oxygen atoms in total. The fourth-order valence-electron chi connectivity index (χ4n) is 4.89. The molecule has 0 aliphatic carbocycles. The summed E-state index contributed by atoms with van der Waals surface area (Å²) < 4.78 is 0. The van der Waals surface area contributed by atoms with Crippen molar-refractivity contribution < 1.29 is 4.79 Å². The summed E-state index contributed by atoms with van der Waals surface area (Å²) in [6.45, 7) is 7.37. The zero-order valence-electron chi connectivity index (χ0n) is 19.3. The number of para-hydroxylation sites is 1. The summed E-state index contributed by atoms with van der Waals surface area (Å²) >= 11 is 0. The average Bonchev–Trinajstić information content (AvgIpc) is 2.89. The summed E-state index contributed by atoms with van der Waals surface area (Å²) in [7, 11) is 0. The molecular weight excluding hydrogens is 410 g/mol. The van der Waals surface area contributed by atoms with Crippen LogP contribution in [-0.2, 0) is 0 Å². The molecule has 2 fully saturated rings. The van der Waals surface area contributed by atoms with Gasteiger partial charge < -0.3 is 14.7 Å². The van der Waals surface area contributed by atoms with Crippen LogP contribution < -0.4 is 9.80 Å². The van der Waals surface area contributed by atoms with Gasteiger partial charge in [0.1, 0.15) is 5.69 Å². The second-order valence-corrected chi connectivity index (χ2v) is 8.92. The van der Waals surface area contributed by atoms with Gasteiger partial charge in [-0.05, 0) is 49.9 Å². The highest BCUT2D eigenvalue weighted by Crippen LogP contribution is 2.29. The van der Waals surface area contributed by atoms with E-state index in [1.54, 1.807) is 12.4 Å². The molecule has 0 spiro atoms. The van der Waals surface area contributed by atoms with Crippen molar-refractivity contribution in [1.82, 2.24) is 14.9 Å². The van der Waals surface area contributed by atoms with E-state index in [4.69, 9.17) is 0 Å². The first-order chi connectivity index (χ1) is 16.2. The Bertz CT molecular complexity index is 1100. The van der Waals surface area contributed by atoms with Crippen molar-refractivity contribution in [1.29, 1.82) is 0 Å². The van der Waals surface area contributed by atoms with Gasteiger partial charge in [-0.1, -0.05) is 30.3 Å². The van der Waals surface area contributed by atoms with Gasteiger partial charge in [0.25, 0.3) is 5.91 Å². The minimum absolute atomic E-state index is 0.0985. The summed E-state index contributed by atoms with van der Waals surface area (Å²) in [6.07, 6.45) is 7.18. The van der Waals surface area contributed by atoms with E-state index in [0.29, 0.717) is 0 Å². The average molecular weight is 442 g/mol. The topological polar surface area (TPSA) is 52.6 Å². The van der Waals surface area contributed by atoms with E-state index in [1.807, 2.05) is 29.2 Å². The van der Waals surface area contributed by atoms with Gasteiger partial charge in [0.2, 0.25) is 0 Å². The zero-order chi connectivity index (χ0) is 22.6. The maximum atomic E-state index is 13.1. The lowest BCUT2D eigenvalue weighted by Crippen LogP contribution is -2.49. The standard InChI is InChI=1S/C27H31N5O/c1-21-7-3-4-8-24(21)30-17-19-32(20-18-30)27(33)23-11-9-22(10-12-23)25-26(29-14-13-28-25)31-15-5-2-6-16-31/h3-4,7-14H,2,5-6,15-20H2,1H3. The number of amides is 1. The maximum Gasteiger partial charge on any atom is 0.253 e. The van der Waals surface area contributed by atoms with E-state index < -0.39 is 0 Å². The predicted molar refractivity (Wildman–Crippen MR) is 133 cm³/mol. The van der Waals surface area contributed by atoms with E-state index in [-0.39, 0.29) is 5.91 Å². The van der Waals surface area contributed by atoms with E-state index in [2.05, 4.69) is 51.0 Å². The monoisotopic (exact) mass is 441 g/mol. The van der Waals surface area contributed by atoms with E-state index in [9.17, 15) is 4.79 Å². The molecular formula is C27H31N5O. The van der Waals surface area contributed by atoms with Crippen LogP contribution in [0, 0.1) is 6.92 Å². The number of aryl methyl sites for hydroxylation is 1. The van der Waals surface area contributed by atoms with Gasteiger partial charge in [-0.25, -0.2) is 4.98 Å². The minimum atomic E-state index is 0.0985. The van der Waals surface area contributed by atoms with Crippen molar-refractivity contribution in [2.24, 2.45) is 0 Å². The number of piperidine rings is 1. The number of carbonyl (C=O) groups excluding carboxylic acids is 1. The Balaban J connectivity index is 1.27. The molecule has 0 saturated carbocycles. The number of piperazine rings is 1. The van der Waals surface area contributed by atoms with E-state index in [1.165, 1.54) is 30.5 Å². The smallest absolute Gasteiger partial charge is 0.253 e. The first kappa shape index (κ1) is 21.4. The Morgan fingerprint density at radius 3 is 2.18 bits per heavy atom. The first-order valence-electron chi connectivity index (χ1n) is 12.0. The number of rotatable bonds is 4. The van der Waals surface area contributed by atoms with Gasteiger partial charge in [0, 0.05) is 68.5 Å². The molecule has 3 heterocycles. The molecule has 5 rings (SSSR count). The molecule has 3 aromatic rings. The minimum Gasteiger partial charge on any atom is -0.368 e. The van der Waals surface area contributed by atoms with Crippen molar-refractivity contribution >= 4 is 17.4 Å². The van der Waals surface area contributed by atoms with Crippen molar-refractivity contribution in [2.45, 2.75) is 26.2 Å². The number of nitrogens with zero attached hydrogens (tertiary/aromatic N) is 5. The Hall–Kier alpha value is -3.41. The van der Waals surface area contributed by atoms with Crippen LogP contribution in [0.3, 0.4) is 0 Å². The van der Waals surface area contributed by atoms with Gasteiger partial charge in [0.15, 0.2) is 5.82 Å². The highest BCUT2D eigenvalue weighted by Gasteiger charge is 2.23. The molecule has 0 bridgehead atoms. The fraction of sp³-hybridized carbons (Fsp3) is 0.370. The normalized spacial score (nSPS) is 16.7. The van der Waals surface area contributed by atoms with Crippen molar-refractivity contribution in [3.63, 3.8) is 0 Å². The molecule has 0 unspecified atom stereocenters. The van der Waals surface area contributed by atoms with Crippen LogP contribution in [-0.4, -0.2) is 60.0 Å². The second-order valence-electron chi connectivity index (χ2n) is 8.92. The fourth-order valence-corrected chi connectivity index (χ4v) is 4.89. The predicted octanol–water partition coefficient (Wildman–Crippen LogP) is 4.40. The van der Waals surface area contributed by atoms with Crippen LogP contribution in [0.25, 0.3) is 11.3 Å². The molecule has 2 saturated heterocycles. The lowest BCUT2D eigenvalue weighted by molar-refractivity contribution is 0.0747. The third-order valence-corrected chi connectivity index (χ3v) is 6.76. The Morgan fingerprint density at radius 1 is 0.758 bits per heavy atom. The number of benzene rings is 2. The Labute approximate surface area is 195 Å². The number of hydrogen-bond donors (Lipinski definition) is 0. The lowest BCUT2D eigenvalue weighted by atomic mass is 10.1. The Morgan fingerprint density at radius 2 is 1.45 bits per heavy atom. The summed E-state index contributed by atoms with van der Waals surface area (Å²) in [5.74, 6) is 1.05. The lowest BCUT2D eigenvalue weighted by Gasteiger charge is -2.36. The summed E-state index contributed by atoms with van der Waals surface area (Å²) in [5.41, 5.74) is 5.17. The highest BCUT2D eigenvalue weighted by molar-refractivity contribution is 5.95. The quantitative estimate of drug-likeness (QED) is 0.601.